The lowest BCUT2D eigenvalue weighted by molar-refractivity contribution is -0.138. The van der Waals surface area contributed by atoms with Crippen LogP contribution in [0.1, 0.15) is 117 Å². The SMILES string of the molecule is CC(C)CCC[C@@H](C)[C@H]1CC[C@H]2[C@@H]3CC[C@H]4C[C@H](c5ccccc5O)[C@H](O)C[C@]4(C)[C@H]3CC[C@]12C. The molecule has 0 aromatic heterocycles. The van der Waals surface area contributed by atoms with Gasteiger partial charge < -0.3 is 10.2 Å². The van der Waals surface area contributed by atoms with E-state index in [0.29, 0.717) is 17.1 Å². The molecule has 1 aromatic rings. The molecule has 4 saturated carbocycles. The Morgan fingerprint density at radius 1 is 0.914 bits per heavy atom. The second kappa shape index (κ2) is 9.70. The number of benzene rings is 1. The van der Waals surface area contributed by atoms with E-state index in [1.807, 2.05) is 18.2 Å². The molecule has 0 amide bonds. The van der Waals surface area contributed by atoms with Crippen LogP contribution in [-0.4, -0.2) is 16.3 Å². The summed E-state index contributed by atoms with van der Waals surface area (Å²) < 4.78 is 0. The van der Waals surface area contributed by atoms with Gasteiger partial charge in [0, 0.05) is 5.92 Å². The highest BCUT2D eigenvalue weighted by Gasteiger charge is 2.61. The highest BCUT2D eigenvalue weighted by Crippen LogP contribution is 2.69. The molecule has 2 N–H and O–H groups in total. The summed E-state index contributed by atoms with van der Waals surface area (Å²) in [5.41, 5.74) is 1.75. The van der Waals surface area contributed by atoms with Crippen molar-refractivity contribution in [2.24, 2.45) is 52.3 Å². The van der Waals surface area contributed by atoms with Gasteiger partial charge in [0.2, 0.25) is 0 Å². The van der Waals surface area contributed by atoms with E-state index < -0.39 is 0 Å². The zero-order valence-corrected chi connectivity index (χ0v) is 23.2. The van der Waals surface area contributed by atoms with E-state index in [0.717, 1.165) is 53.9 Å². The molecule has 0 spiro atoms. The van der Waals surface area contributed by atoms with Crippen LogP contribution in [0.3, 0.4) is 0 Å². The number of para-hydroxylation sites is 1. The van der Waals surface area contributed by atoms with Gasteiger partial charge in [-0.25, -0.2) is 0 Å². The van der Waals surface area contributed by atoms with Crippen molar-refractivity contribution in [3.63, 3.8) is 0 Å². The maximum atomic E-state index is 11.4. The fraction of sp³-hybridized carbons (Fsp3) is 0.818. The monoisotopic (exact) mass is 480 g/mol. The van der Waals surface area contributed by atoms with Gasteiger partial charge in [0.1, 0.15) is 5.75 Å². The van der Waals surface area contributed by atoms with E-state index in [4.69, 9.17) is 0 Å². The van der Waals surface area contributed by atoms with E-state index in [-0.39, 0.29) is 17.4 Å². The van der Waals surface area contributed by atoms with E-state index in [9.17, 15) is 10.2 Å². The molecule has 1 aromatic carbocycles. The van der Waals surface area contributed by atoms with Crippen LogP contribution >= 0.6 is 0 Å². The normalized spacial score (nSPS) is 43.9. The molecule has 4 aliphatic carbocycles. The van der Waals surface area contributed by atoms with E-state index >= 15 is 0 Å². The summed E-state index contributed by atoms with van der Waals surface area (Å²) in [5, 5.41) is 21.9. The maximum Gasteiger partial charge on any atom is 0.119 e. The van der Waals surface area contributed by atoms with Gasteiger partial charge in [-0.15, -0.1) is 0 Å². The number of rotatable bonds is 6. The minimum absolute atomic E-state index is 0.0854. The molecular formula is C33H52O2. The molecule has 0 heterocycles. The lowest BCUT2D eigenvalue weighted by atomic mass is 9.43. The van der Waals surface area contributed by atoms with Gasteiger partial charge in [-0.1, -0.05) is 72.1 Å². The van der Waals surface area contributed by atoms with Crippen LogP contribution in [0.4, 0.5) is 0 Å². The third-order valence-electron chi connectivity index (χ3n) is 12.3. The van der Waals surface area contributed by atoms with Crippen LogP contribution in [0.2, 0.25) is 0 Å². The average Bonchev–Trinajstić information content (AvgIpc) is 3.16. The van der Waals surface area contributed by atoms with Crippen LogP contribution in [0.5, 0.6) is 5.75 Å². The van der Waals surface area contributed by atoms with Gasteiger partial charge in [-0.3, -0.25) is 0 Å². The molecule has 2 nitrogen and oxygen atoms in total. The number of hydrogen-bond acceptors (Lipinski definition) is 2. The Bertz CT molecular complexity index is 878. The molecule has 196 valence electrons. The van der Waals surface area contributed by atoms with Crippen molar-refractivity contribution >= 4 is 0 Å². The molecule has 2 heteroatoms. The Kier molecular flexibility index (Phi) is 7.10. The summed E-state index contributed by atoms with van der Waals surface area (Å²) in [5.74, 6) is 6.25. The third-order valence-corrected chi connectivity index (χ3v) is 12.3. The van der Waals surface area contributed by atoms with Crippen molar-refractivity contribution < 1.29 is 10.2 Å². The zero-order chi connectivity index (χ0) is 25.0. The Hall–Kier alpha value is -1.02. The minimum atomic E-state index is -0.339. The Labute approximate surface area is 215 Å². The third kappa shape index (κ3) is 4.38. The summed E-state index contributed by atoms with van der Waals surface area (Å²) >= 11 is 0. The fourth-order valence-electron chi connectivity index (χ4n) is 10.5. The molecule has 4 aliphatic rings. The van der Waals surface area contributed by atoms with Crippen LogP contribution in [0.15, 0.2) is 24.3 Å². The number of fused-ring (bicyclic) bond motifs is 5. The predicted octanol–water partition coefficient (Wildman–Crippen LogP) is 8.57. The minimum Gasteiger partial charge on any atom is -0.508 e. The molecule has 10 atom stereocenters. The van der Waals surface area contributed by atoms with Crippen molar-refractivity contribution in [1.82, 2.24) is 0 Å². The number of phenols is 1. The zero-order valence-electron chi connectivity index (χ0n) is 23.2. The van der Waals surface area contributed by atoms with Crippen molar-refractivity contribution in [3.05, 3.63) is 29.8 Å². The van der Waals surface area contributed by atoms with E-state index in [1.54, 1.807) is 6.07 Å². The summed E-state index contributed by atoms with van der Waals surface area (Å²) in [6.45, 7) is 12.5. The van der Waals surface area contributed by atoms with E-state index in [2.05, 4.69) is 34.6 Å². The smallest absolute Gasteiger partial charge is 0.119 e. The first-order chi connectivity index (χ1) is 16.6. The topological polar surface area (TPSA) is 40.5 Å². The van der Waals surface area contributed by atoms with Gasteiger partial charge >= 0.3 is 0 Å². The quantitative estimate of drug-likeness (QED) is 0.428. The number of aliphatic hydroxyl groups is 1. The molecular weight excluding hydrogens is 428 g/mol. The van der Waals surface area contributed by atoms with Crippen molar-refractivity contribution in [1.29, 1.82) is 0 Å². The van der Waals surface area contributed by atoms with Gasteiger partial charge in [0.15, 0.2) is 0 Å². The number of aromatic hydroxyl groups is 1. The largest absolute Gasteiger partial charge is 0.508 e. The first kappa shape index (κ1) is 25.6. The van der Waals surface area contributed by atoms with Crippen molar-refractivity contribution in [3.8, 4) is 5.75 Å². The predicted molar refractivity (Wildman–Crippen MR) is 145 cm³/mol. The number of aliphatic hydroxyl groups excluding tert-OH is 1. The molecule has 0 saturated heterocycles. The highest BCUT2D eigenvalue weighted by molar-refractivity contribution is 5.36. The number of phenolic OH excluding ortho intramolecular Hbond substituents is 1. The Morgan fingerprint density at radius 3 is 2.40 bits per heavy atom. The second-order valence-electron chi connectivity index (χ2n) is 14.4. The maximum absolute atomic E-state index is 11.4. The van der Waals surface area contributed by atoms with E-state index in [1.165, 1.54) is 57.8 Å². The molecule has 5 rings (SSSR count). The van der Waals surface area contributed by atoms with Crippen LogP contribution < -0.4 is 0 Å². The Balaban J connectivity index is 1.31. The van der Waals surface area contributed by atoms with Crippen LogP contribution in [-0.2, 0) is 0 Å². The summed E-state index contributed by atoms with van der Waals surface area (Å²) in [6.07, 6.45) is 14.2. The molecule has 0 radical (unpaired) electrons. The summed E-state index contributed by atoms with van der Waals surface area (Å²) in [6, 6.07) is 7.72. The summed E-state index contributed by atoms with van der Waals surface area (Å²) in [7, 11) is 0. The van der Waals surface area contributed by atoms with Crippen LogP contribution in [0, 0.1) is 52.3 Å². The van der Waals surface area contributed by atoms with Gasteiger partial charge in [0.25, 0.3) is 0 Å². The molecule has 0 unspecified atom stereocenters. The molecule has 4 fully saturated rings. The van der Waals surface area contributed by atoms with Crippen molar-refractivity contribution in [2.45, 2.75) is 117 Å². The highest BCUT2D eigenvalue weighted by atomic mass is 16.3. The van der Waals surface area contributed by atoms with Gasteiger partial charge in [0.05, 0.1) is 6.10 Å². The summed E-state index contributed by atoms with van der Waals surface area (Å²) in [4.78, 5) is 0. The average molecular weight is 481 g/mol. The van der Waals surface area contributed by atoms with Crippen molar-refractivity contribution in [2.75, 3.05) is 0 Å². The second-order valence-corrected chi connectivity index (χ2v) is 14.4. The lowest BCUT2D eigenvalue weighted by Gasteiger charge is -2.62. The van der Waals surface area contributed by atoms with Gasteiger partial charge in [-0.2, -0.15) is 0 Å². The van der Waals surface area contributed by atoms with Gasteiger partial charge in [-0.05, 0) is 115 Å². The lowest BCUT2D eigenvalue weighted by Crippen LogP contribution is -2.55. The first-order valence-corrected chi connectivity index (χ1v) is 15.1. The standard InChI is InChI=1S/C33H52O2/c1-21(2)9-8-10-22(3)27-15-16-28-25-14-13-23-19-26(24-11-6-7-12-30(24)34)31(35)20-33(23,5)29(25)17-18-32(27,28)4/h6-7,11-12,21-23,25-29,31,34-35H,8-10,13-20H2,1-5H3/t22-,23+,25+,26-,27-,28+,29+,31-,32-,33+/m1/s1. The molecule has 0 aliphatic heterocycles. The molecule has 35 heavy (non-hydrogen) atoms. The number of hydrogen-bond donors (Lipinski definition) is 2. The van der Waals surface area contributed by atoms with Crippen LogP contribution in [0.25, 0.3) is 0 Å². The molecule has 0 bridgehead atoms. The fourth-order valence-corrected chi connectivity index (χ4v) is 10.5. The Morgan fingerprint density at radius 2 is 1.66 bits per heavy atom. The first-order valence-electron chi connectivity index (χ1n) is 15.1.